The third kappa shape index (κ3) is 3.49. The van der Waals surface area contributed by atoms with Crippen LogP contribution < -0.4 is 0 Å². The van der Waals surface area contributed by atoms with E-state index in [2.05, 4.69) is 18.7 Å². The molecule has 3 heteroatoms. The highest BCUT2D eigenvalue weighted by atomic mass is 32.2. The van der Waals surface area contributed by atoms with Crippen molar-refractivity contribution in [2.75, 3.05) is 25.9 Å². The van der Waals surface area contributed by atoms with Crippen molar-refractivity contribution < 1.29 is 4.55 Å². The van der Waals surface area contributed by atoms with E-state index < -0.39 is 11.2 Å². The van der Waals surface area contributed by atoms with Gasteiger partial charge in [-0.1, -0.05) is 31.4 Å². The summed E-state index contributed by atoms with van der Waals surface area (Å²) < 4.78 is 11.1. The Morgan fingerprint density at radius 2 is 2.15 bits per heavy atom. The fourth-order valence-corrected chi connectivity index (χ4v) is 2.36. The first-order chi connectivity index (χ1) is 6.13. The lowest BCUT2D eigenvalue weighted by Gasteiger charge is -2.38. The Hall–Kier alpha value is 0.270. The molecule has 1 aliphatic rings. The molecule has 1 fully saturated rings. The van der Waals surface area contributed by atoms with Gasteiger partial charge in [-0.3, -0.25) is 4.90 Å². The quantitative estimate of drug-likeness (QED) is 0.633. The van der Waals surface area contributed by atoms with Crippen LogP contribution in [0.4, 0.5) is 0 Å². The van der Waals surface area contributed by atoms with E-state index in [4.69, 9.17) is 0 Å². The summed E-state index contributed by atoms with van der Waals surface area (Å²) in [6.07, 6.45) is 4.38. The van der Waals surface area contributed by atoms with Gasteiger partial charge in [-0.2, -0.15) is 0 Å². The molecule has 0 aromatic carbocycles. The SMILES string of the molecule is CCC(C)CCN1CC([S+](C)[O-])C1. The van der Waals surface area contributed by atoms with Crippen LogP contribution in [0.3, 0.4) is 0 Å². The van der Waals surface area contributed by atoms with Crippen LogP contribution in [0, 0.1) is 5.92 Å². The number of likely N-dealkylation sites (tertiary alicyclic amines) is 1. The molecule has 2 atom stereocenters. The number of rotatable bonds is 5. The van der Waals surface area contributed by atoms with Gasteiger partial charge < -0.3 is 4.55 Å². The van der Waals surface area contributed by atoms with Crippen molar-refractivity contribution in [2.24, 2.45) is 5.92 Å². The standard InChI is InChI=1S/C10H21NOS/c1-4-9(2)5-6-11-7-10(8-11)13(3)12/h9-10H,4-8H2,1-3H3. The van der Waals surface area contributed by atoms with E-state index in [0.29, 0.717) is 5.25 Å². The van der Waals surface area contributed by atoms with Gasteiger partial charge in [0.25, 0.3) is 0 Å². The van der Waals surface area contributed by atoms with Gasteiger partial charge in [-0.25, -0.2) is 0 Å². The first kappa shape index (κ1) is 11.3. The van der Waals surface area contributed by atoms with E-state index in [0.717, 1.165) is 19.0 Å². The molecule has 0 bridgehead atoms. The first-order valence-corrected chi connectivity index (χ1v) is 6.80. The topological polar surface area (TPSA) is 26.3 Å². The average molecular weight is 203 g/mol. The van der Waals surface area contributed by atoms with Crippen LogP contribution in [-0.4, -0.2) is 40.6 Å². The zero-order chi connectivity index (χ0) is 9.84. The lowest BCUT2D eigenvalue weighted by Crippen LogP contribution is -2.54. The van der Waals surface area contributed by atoms with E-state index in [9.17, 15) is 4.55 Å². The molecular formula is C10H21NOS. The van der Waals surface area contributed by atoms with E-state index in [-0.39, 0.29) is 0 Å². The molecule has 0 aromatic rings. The van der Waals surface area contributed by atoms with Crippen LogP contribution in [0.1, 0.15) is 26.7 Å². The predicted molar refractivity (Wildman–Crippen MR) is 58.4 cm³/mol. The number of nitrogens with zero attached hydrogens (tertiary/aromatic N) is 1. The molecule has 13 heavy (non-hydrogen) atoms. The summed E-state index contributed by atoms with van der Waals surface area (Å²) in [7, 11) is 0. The molecule has 1 saturated heterocycles. The van der Waals surface area contributed by atoms with Crippen LogP contribution in [0.15, 0.2) is 0 Å². The Bertz CT molecular complexity index is 146. The molecule has 0 aromatic heterocycles. The summed E-state index contributed by atoms with van der Waals surface area (Å²) in [6, 6.07) is 0. The van der Waals surface area contributed by atoms with Crippen molar-refractivity contribution >= 4 is 11.2 Å². The molecule has 0 N–H and O–H groups in total. The second kappa shape index (κ2) is 5.23. The van der Waals surface area contributed by atoms with Gasteiger partial charge in [0, 0.05) is 13.1 Å². The van der Waals surface area contributed by atoms with Gasteiger partial charge in [0.2, 0.25) is 0 Å². The Morgan fingerprint density at radius 3 is 2.62 bits per heavy atom. The largest absolute Gasteiger partial charge is 0.616 e. The van der Waals surface area contributed by atoms with Gasteiger partial charge in [-0.15, -0.1) is 0 Å². The van der Waals surface area contributed by atoms with E-state index >= 15 is 0 Å². The minimum atomic E-state index is -0.602. The summed E-state index contributed by atoms with van der Waals surface area (Å²) in [4.78, 5) is 2.41. The van der Waals surface area contributed by atoms with Gasteiger partial charge in [0.05, 0.1) is 6.26 Å². The van der Waals surface area contributed by atoms with Crippen molar-refractivity contribution in [3.05, 3.63) is 0 Å². The van der Waals surface area contributed by atoms with Crippen molar-refractivity contribution in [1.29, 1.82) is 0 Å². The van der Waals surface area contributed by atoms with Gasteiger partial charge in [0.15, 0.2) is 0 Å². The summed E-state index contributed by atoms with van der Waals surface area (Å²) in [5.41, 5.74) is 0. The Morgan fingerprint density at radius 1 is 1.54 bits per heavy atom. The molecule has 1 rings (SSSR count). The second-order valence-corrected chi connectivity index (χ2v) is 5.85. The highest BCUT2D eigenvalue weighted by Gasteiger charge is 2.33. The Labute approximate surface area is 84.9 Å². The monoisotopic (exact) mass is 203 g/mol. The zero-order valence-corrected chi connectivity index (χ0v) is 9.77. The fraction of sp³-hybridized carbons (Fsp3) is 1.00. The minimum absolute atomic E-state index is 0.455. The van der Waals surface area contributed by atoms with Crippen molar-refractivity contribution in [3.8, 4) is 0 Å². The maximum atomic E-state index is 11.1. The molecule has 2 unspecified atom stereocenters. The molecular weight excluding hydrogens is 182 g/mol. The second-order valence-electron chi connectivity index (χ2n) is 4.18. The lowest BCUT2D eigenvalue weighted by molar-refractivity contribution is 0.173. The first-order valence-electron chi connectivity index (χ1n) is 5.18. The maximum absolute atomic E-state index is 11.1. The maximum Gasteiger partial charge on any atom is 0.140 e. The third-order valence-corrected chi connectivity index (χ3v) is 4.27. The van der Waals surface area contributed by atoms with Crippen molar-refractivity contribution in [3.63, 3.8) is 0 Å². The highest BCUT2D eigenvalue weighted by molar-refractivity contribution is 7.91. The van der Waals surface area contributed by atoms with Crippen molar-refractivity contribution in [1.82, 2.24) is 4.90 Å². The summed E-state index contributed by atoms with van der Waals surface area (Å²) in [5.74, 6) is 0.839. The molecule has 0 amide bonds. The molecule has 1 aliphatic heterocycles. The number of hydrogen-bond acceptors (Lipinski definition) is 2. The third-order valence-electron chi connectivity index (χ3n) is 3.03. The molecule has 2 nitrogen and oxygen atoms in total. The van der Waals surface area contributed by atoms with E-state index in [1.807, 2.05) is 6.26 Å². The van der Waals surface area contributed by atoms with Crippen LogP contribution in [0.25, 0.3) is 0 Å². The average Bonchev–Trinajstić information content (AvgIpc) is 2.00. The summed E-state index contributed by atoms with van der Waals surface area (Å²) in [5, 5.41) is 0.455. The molecule has 78 valence electrons. The molecule has 0 spiro atoms. The minimum Gasteiger partial charge on any atom is -0.616 e. The Kier molecular flexibility index (Phi) is 4.56. The van der Waals surface area contributed by atoms with Gasteiger partial charge >= 0.3 is 0 Å². The molecule has 0 saturated carbocycles. The Balaban J connectivity index is 2.02. The zero-order valence-electron chi connectivity index (χ0n) is 8.95. The smallest absolute Gasteiger partial charge is 0.140 e. The molecule has 1 heterocycles. The fourth-order valence-electron chi connectivity index (χ4n) is 1.52. The normalized spacial score (nSPS) is 24.0. The van der Waals surface area contributed by atoms with Crippen LogP contribution in [0.5, 0.6) is 0 Å². The highest BCUT2D eigenvalue weighted by Crippen LogP contribution is 2.17. The lowest BCUT2D eigenvalue weighted by atomic mass is 10.0. The predicted octanol–water partition coefficient (Wildman–Crippen LogP) is 1.49. The molecule has 0 radical (unpaired) electrons. The van der Waals surface area contributed by atoms with Crippen LogP contribution in [-0.2, 0) is 11.2 Å². The van der Waals surface area contributed by atoms with Crippen molar-refractivity contribution in [2.45, 2.75) is 31.9 Å². The number of hydrogen-bond donors (Lipinski definition) is 0. The molecule has 0 aliphatic carbocycles. The van der Waals surface area contributed by atoms with Crippen LogP contribution in [0.2, 0.25) is 0 Å². The summed E-state index contributed by atoms with van der Waals surface area (Å²) in [6.45, 7) is 7.85. The van der Waals surface area contributed by atoms with E-state index in [1.54, 1.807) is 0 Å². The van der Waals surface area contributed by atoms with Crippen LogP contribution >= 0.6 is 0 Å². The van der Waals surface area contributed by atoms with Gasteiger partial charge in [-0.05, 0) is 18.9 Å². The van der Waals surface area contributed by atoms with E-state index in [1.165, 1.54) is 19.4 Å². The van der Waals surface area contributed by atoms with Gasteiger partial charge in [0.1, 0.15) is 5.25 Å². The summed E-state index contributed by atoms with van der Waals surface area (Å²) >= 11 is -0.602.